The highest BCUT2D eigenvalue weighted by Crippen LogP contribution is 2.21. The van der Waals surface area contributed by atoms with Crippen LogP contribution in [0.15, 0.2) is 30.3 Å². The van der Waals surface area contributed by atoms with Gasteiger partial charge in [0.05, 0.1) is 17.4 Å². The molecule has 1 saturated heterocycles. The topological polar surface area (TPSA) is 66.5 Å². The zero-order valence-corrected chi connectivity index (χ0v) is 14.5. The second kappa shape index (κ2) is 8.45. The van der Waals surface area contributed by atoms with Crippen molar-refractivity contribution in [1.29, 1.82) is 0 Å². The minimum atomic E-state index is -2.84. The Bertz CT molecular complexity index is 588. The zero-order valence-electron chi connectivity index (χ0n) is 13.7. The summed E-state index contributed by atoms with van der Waals surface area (Å²) in [7, 11) is -2.84. The van der Waals surface area contributed by atoms with Crippen molar-refractivity contribution in [2.75, 3.05) is 37.7 Å². The molecule has 0 bridgehead atoms. The fraction of sp³-hybridized carbons (Fsp3) is 0.588. The van der Waals surface area contributed by atoms with Crippen molar-refractivity contribution >= 4 is 15.7 Å². The number of hydrogen-bond acceptors (Lipinski definition) is 4. The molecule has 1 unspecified atom stereocenters. The molecule has 1 heterocycles. The average Bonchev–Trinajstić information content (AvgIpc) is 2.55. The van der Waals surface area contributed by atoms with Crippen LogP contribution in [0.1, 0.15) is 31.2 Å². The Hall–Kier alpha value is -1.40. The second-order valence-electron chi connectivity index (χ2n) is 6.04. The molecule has 0 spiro atoms. The van der Waals surface area contributed by atoms with Crippen LogP contribution >= 0.6 is 0 Å². The molecule has 2 rings (SSSR count). The van der Waals surface area contributed by atoms with Gasteiger partial charge in [0.2, 0.25) is 5.91 Å². The van der Waals surface area contributed by atoms with E-state index >= 15 is 0 Å². The maximum absolute atomic E-state index is 12.5. The maximum Gasteiger partial charge on any atom is 0.227 e. The standard InChI is InChI=1S/C17H26N2O3S/c1-2-6-16(15-7-4-3-5-8-15)17(20)18-9-10-19-11-13-23(21,22)14-12-19/h3-5,7-8,16H,2,6,9-14H2,1H3,(H,18,20). The lowest BCUT2D eigenvalue weighted by molar-refractivity contribution is -0.122. The van der Waals surface area contributed by atoms with Crippen LogP contribution in [0.3, 0.4) is 0 Å². The molecular formula is C17H26N2O3S. The van der Waals surface area contributed by atoms with Gasteiger partial charge in [-0.3, -0.25) is 9.69 Å². The second-order valence-corrected chi connectivity index (χ2v) is 8.34. The Kier molecular flexibility index (Phi) is 6.59. The summed E-state index contributed by atoms with van der Waals surface area (Å²) >= 11 is 0. The van der Waals surface area contributed by atoms with Crippen LogP contribution < -0.4 is 5.32 Å². The van der Waals surface area contributed by atoms with E-state index in [0.29, 0.717) is 26.2 Å². The number of rotatable bonds is 7. The molecule has 0 aliphatic carbocycles. The van der Waals surface area contributed by atoms with Gasteiger partial charge in [0.25, 0.3) is 0 Å². The number of sulfone groups is 1. The predicted molar refractivity (Wildman–Crippen MR) is 92.2 cm³/mol. The Labute approximate surface area is 139 Å². The number of nitrogens with zero attached hydrogens (tertiary/aromatic N) is 1. The molecule has 1 fully saturated rings. The Morgan fingerprint density at radius 2 is 1.87 bits per heavy atom. The van der Waals surface area contributed by atoms with E-state index in [-0.39, 0.29) is 23.3 Å². The summed E-state index contributed by atoms with van der Waals surface area (Å²) in [4.78, 5) is 14.5. The quantitative estimate of drug-likeness (QED) is 0.816. The number of carbonyl (C=O) groups is 1. The Balaban J connectivity index is 1.81. The number of carbonyl (C=O) groups excluding carboxylic acids is 1. The smallest absolute Gasteiger partial charge is 0.227 e. The van der Waals surface area contributed by atoms with Gasteiger partial charge >= 0.3 is 0 Å². The fourth-order valence-electron chi connectivity index (χ4n) is 2.86. The van der Waals surface area contributed by atoms with Crippen molar-refractivity contribution in [2.24, 2.45) is 0 Å². The first-order valence-electron chi connectivity index (χ1n) is 8.27. The van der Waals surface area contributed by atoms with Crippen molar-refractivity contribution in [1.82, 2.24) is 10.2 Å². The van der Waals surface area contributed by atoms with Crippen LogP contribution in [0.4, 0.5) is 0 Å². The van der Waals surface area contributed by atoms with Gasteiger partial charge in [0, 0.05) is 26.2 Å². The third-order valence-electron chi connectivity index (χ3n) is 4.26. The average molecular weight is 338 g/mol. The predicted octanol–water partition coefficient (Wildman–Crippen LogP) is 1.42. The highest BCUT2D eigenvalue weighted by Gasteiger charge is 2.22. The van der Waals surface area contributed by atoms with Gasteiger partial charge in [-0.05, 0) is 12.0 Å². The molecule has 1 aromatic rings. The third kappa shape index (κ3) is 5.62. The molecule has 1 aliphatic rings. The van der Waals surface area contributed by atoms with E-state index in [2.05, 4.69) is 17.1 Å². The monoisotopic (exact) mass is 338 g/mol. The van der Waals surface area contributed by atoms with Gasteiger partial charge < -0.3 is 5.32 Å². The summed E-state index contributed by atoms with van der Waals surface area (Å²) in [6.45, 7) is 4.47. The molecule has 1 aromatic carbocycles. The van der Waals surface area contributed by atoms with E-state index in [1.807, 2.05) is 30.3 Å². The normalized spacial score (nSPS) is 19.2. The fourth-order valence-corrected chi connectivity index (χ4v) is 4.13. The summed E-state index contributed by atoms with van der Waals surface area (Å²) < 4.78 is 22.8. The highest BCUT2D eigenvalue weighted by molar-refractivity contribution is 7.91. The molecule has 5 nitrogen and oxygen atoms in total. The first-order valence-corrected chi connectivity index (χ1v) is 10.1. The first-order chi connectivity index (χ1) is 11.0. The van der Waals surface area contributed by atoms with E-state index in [4.69, 9.17) is 0 Å². The van der Waals surface area contributed by atoms with Crippen molar-refractivity contribution in [3.63, 3.8) is 0 Å². The lowest BCUT2D eigenvalue weighted by Gasteiger charge is -2.26. The molecule has 128 valence electrons. The van der Waals surface area contributed by atoms with Gasteiger partial charge in [0.1, 0.15) is 0 Å². The van der Waals surface area contributed by atoms with Crippen LogP contribution in [-0.2, 0) is 14.6 Å². The molecule has 1 atom stereocenters. The SMILES string of the molecule is CCCC(C(=O)NCCN1CCS(=O)(=O)CC1)c1ccccc1. The first kappa shape index (κ1) is 17.9. The summed E-state index contributed by atoms with van der Waals surface area (Å²) in [5, 5.41) is 3.00. The Morgan fingerprint density at radius 3 is 2.48 bits per heavy atom. The van der Waals surface area contributed by atoms with Crippen LogP contribution in [0.5, 0.6) is 0 Å². The number of nitrogens with one attached hydrogen (secondary N) is 1. The molecule has 1 aliphatic heterocycles. The van der Waals surface area contributed by atoms with Gasteiger partial charge in [-0.25, -0.2) is 8.42 Å². The molecule has 0 saturated carbocycles. The molecule has 23 heavy (non-hydrogen) atoms. The van der Waals surface area contributed by atoms with Gasteiger partial charge in [0.15, 0.2) is 9.84 Å². The number of benzene rings is 1. The zero-order chi connectivity index (χ0) is 16.7. The van der Waals surface area contributed by atoms with Crippen LogP contribution in [0.25, 0.3) is 0 Å². The van der Waals surface area contributed by atoms with Crippen molar-refractivity contribution in [3.8, 4) is 0 Å². The van der Waals surface area contributed by atoms with Gasteiger partial charge in [-0.2, -0.15) is 0 Å². The molecule has 1 N–H and O–H groups in total. The van der Waals surface area contributed by atoms with Crippen LogP contribution in [-0.4, -0.2) is 56.9 Å². The maximum atomic E-state index is 12.5. The largest absolute Gasteiger partial charge is 0.354 e. The van der Waals surface area contributed by atoms with Crippen molar-refractivity contribution in [3.05, 3.63) is 35.9 Å². The Morgan fingerprint density at radius 1 is 1.22 bits per heavy atom. The summed E-state index contributed by atoms with van der Waals surface area (Å²) in [6, 6.07) is 9.86. The minimum Gasteiger partial charge on any atom is -0.354 e. The van der Waals surface area contributed by atoms with Crippen LogP contribution in [0.2, 0.25) is 0 Å². The molecule has 6 heteroatoms. The van der Waals surface area contributed by atoms with E-state index in [9.17, 15) is 13.2 Å². The van der Waals surface area contributed by atoms with Crippen molar-refractivity contribution in [2.45, 2.75) is 25.7 Å². The van der Waals surface area contributed by atoms with Gasteiger partial charge in [-0.15, -0.1) is 0 Å². The van der Waals surface area contributed by atoms with Crippen molar-refractivity contribution < 1.29 is 13.2 Å². The van der Waals surface area contributed by atoms with E-state index < -0.39 is 9.84 Å². The lowest BCUT2D eigenvalue weighted by Crippen LogP contribution is -2.44. The van der Waals surface area contributed by atoms with E-state index in [1.54, 1.807) is 0 Å². The molecular weight excluding hydrogens is 312 g/mol. The van der Waals surface area contributed by atoms with E-state index in [0.717, 1.165) is 18.4 Å². The third-order valence-corrected chi connectivity index (χ3v) is 5.87. The number of amides is 1. The molecule has 1 amide bonds. The molecule has 0 aromatic heterocycles. The van der Waals surface area contributed by atoms with Crippen LogP contribution in [0, 0.1) is 0 Å². The number of hydrogen-bond donors (Lipinski definition) is 1. The summed E-state index contributed by atoms with van der Waals surface area (Å²) in [5.74, 6) is 0.401. The highest BCUT2D eigenvalue weighted by atomic mass is 32.2. The molecule has 0 radical (unpaired) electrons. The minimum absolute atomic E-state index is 0.0580. The lowest BCUT2D eigenvalue weighted by atomic mass is 9.94. The van der Waals surface area contributed by atoms with Gasteiger partial charge in [-0.1, -0.05) is 43.7 Å². The summed E-state index contributed by atoms with van der Waals surface area (Å²) in [6.07, 6.45) is 1.79. The van der Waals surface area contributed by atoms with E-state index in [1.165, 1.54) is 0 Å². The summed E-state index contributed by atoms with van der Waals surface area (Å²) in [5.41, 5.74) is 1.05.